The van der Waals surface area contributed by atoms with Crippen LogP contribution in [-0.4, -0.2) is 53.1 Å². The van der Waals surface area contributed by atoms with Crippen molar-refractivity contribution in [1.82, 2.24) is 25.0 Å². The molecule has 1 atom stereocenters. The van der Waals surface area contributed by atoms with Gasteiger partial charge in [0.2, 0.25) is 0 Å². The van der Waals surface area contributed by atoms with E-state index >= 15 is 0 Å². The minimum Gasteiger partial charge on any atom is -0.455 e. The third-order valence-electron chi connectivity index (χ3n) is 6.02. The van der Waals surface area contributed by atoms with E-state index in [1.54, 1.807) is 60.9 Å². The van der Waals surface area contributed by atoms with Gasteiger partial charge in [0.05, 0.1) is 22.9 Å². The fourth-order valence-corrected chi connectivity index (χ4v) is 4.46. The third-order valence-corrected chi connectivity index (χ3v) is 7.07. The molecule has 9 nitrogen and oxygen atoms in total. The minimum atomic E-state index is -1.24. The molecule has 5 aromatic rings. The molecule has 5 rings (SSSR count). The fourth-order valence-electron chi connectivity index (χ4n) is 3.82. The number of aliphatic hydroxyl groups excluding tert-OH is 1. The van der Waals surface area contributed by atoms with Gasteiger partial charge in [0, 0.05) is 34.3 Å². The highest BCUT2D eigenvalue weighted by Crippen LogP contribution is 2.39. The van der Waals surface area contributed by atoms with Gasteiger partial charge in [-0.15, -0.1) is 11.8 Å². The number of nitrogens with one attached hydrogen (secondary N) is 2. The number of fused-ring (bicyclic) bond motifs is 1. The number of ether oxygens (including phenoxy) is 1. The molecule has 0 amide bonds. The van der Waals surface area contributed by atoms with Crippen LogP contribution in [0.2, 0.25) is 5.02 Å². The molecular formula is C27H27ClN6O3S. The van der Waals surface area contributed by atoms with Gasteiger partial charge in [-0.3, -0.25) is 14.8 Å². The number of aliphatic hydroxyl groups is 2. The molecule has 4 N–H and O–H groups in total. The summed E-state index contributed by atoms with van der Waals surface area (Å²) < 4.78 is 7.85. The summed E-state index contributed by atoms with van der Waals surface area (Å²) in [5.41, 5.74) is 0.833. The van der Waals surface area contributed by atoms with E-state index in [0.29, 0.717) is 39.4 Å². The molecule has 0 aliphatic rings. The van der Waals surface area contributed by atoms with Crippen LogP contribution in [0.4, 0.5) is 11.6 Å². The Labute approximate surface area is 228 Å². The maximum Gasteiger partial charge on any atom is 0.161 e. The number of H-pyrrole nitrogens is 1. The molecule has 11 heteroatoms. The van der Waals surface area contributed by atoms with E-state index < -0.39 is 11.7 Å². The summed E-state index contributed by atoms with van der Waals surface area (Å²) in [4.78, 5) is 5.61. The molecule has 3 aromatic heterocycles. The summed E-state index contributed by atoms with van der Waals surface area (Å²) in [6.07, 6.45) is 4.46. The predicted octanol–water partition coefficient (Wildman–Crippen LogP) is 5.86. The number of aromatic amines is 1. The Hall–Kier alpha value is -3.57. The SMILES string of the molecule is CSc1ccc(Oc2cc(-c3ncccc3Cl)cc3c(Nc4ccn(CC(O)C(C)(C)O)n4)n[nH]c23)cc1. The standard InChI is InChI=1S/C27H27ClN6O3S/c1-27(2,36)22(35)15-34-12-10-23(33-34)30-26-19-13-16(24-20(28)5-4-11-29-24)14-21(25(19)31-32-26)37-17-6-8-18(38-3)9-7-17/h4-14,22,35-36H,15H2,1-3H3,(H2,30,31,32,33). The van der Waals surface area contributed by atoms with Gasteiger partial charge in [-0.05, 0) is 68.6 Å². The van der Waals surface area contributed by atoms with Crippen molar-refractivity contribution in [2.24, 2.45) is 0 Å². The molecule has 1 unspecified atom stereocenters. The van der Waals surface area contributed by atoms with Gasteiger partial charge < -0.3 is 20.3 Å². The highest BCUT2D eigenvalue weighted by molar-refractivity contribution is 7.98. The Morgan fingerprint density at radius 3 is 2.68 bits per heavy atom. The molecule has 2 aromatic carbocycles. The summed E-state index contributed by atoms with van der Waals surface area (Å²) in [5, 5.41) is 36.7. The molecule has 38 heavy (non-hydrogen) atoms. The average molecular weight is 551 g/mol. The molecule has 0 aliphatic heterocycles. The number of halogens is 1. The number of hydrogen-bond donors (Lipinski definition) is 4. The molecule has 0 radical (unpaired) electrons. The van der Waals surface area contributed by atoms with E-state index in [4.69, 9.17) is 16.3 Å². The lowest BCUT2D eigenvalue weighted by atomic mass is 10.0. The van der Waals surface area contributed by atoms with Gasteiger partial charge in [0.15, 0.2) is 17.4 Å². The van der Waals surface area contributed by atoms with E-state index in [1.165, 1.54) is 0 Å². The summed E-state index contributed by atoms with van der Waals surface area (Å²) in [5.74, 6) is 2.31. The number of thioether (sulfide) groups is 1. The number of pyridine rings is 1. The van der Waals surface area contributed by atoms with Crippen molar-refractivity contribution in [3.8, 4) is 22.8 Å². The summed E-state index contributed by atoms with van der Waals surface area (Å²) >= 11 is 8.14. The van der Waals surface area contributed by atoms with Crippen molar-refractivity contribution in [3.63, 3.8) is 0 Å². The zero-order valence-corrected chi connectivity index (χ0v) is 22.6. The van der Waals surface area contributed by atoms with Crippen molar-refractivity contribution in [2.75, 3.05) is 11.6 Å². The fraction of sp³-hybridized carbons (Fsp3) is 0.222. The summed E-state index contributed by atoms with van der Waals surface area (Å²) in [6, 6.07) is 17.0. The van der Waals surface area contributed by atoms with Gasteiger partial charge in [-0.1, -0.05) is 11.6 Å². The zero-order valence-electron chi connectivity index (χ0n) is 21.0. The Morgan fingerprint density at radius 1 is 1.18 bits per heavy atom. The Balaban J connectivity index is 1.51. The first kappa shape index (κ1) is 26.1. The molecule has 0 bridgehead atoms. The Morgan fingerprint density at radius 2 is 1.97 bits per heavy atom. The Kier molecular flexibility index (Phi) is 7.31. The average Bonchev–Trinajstić information content (AvgIpc) is 3.51. The molecular weight excluding hydrogens is 524 g/mol. The number of nitrogens with zero attached hydrogens (tertiary/aromatic N) is 4. The number of benzene rings is 2. The predicted molar refractivity (Wildman–Crippen MR) is 150 cm³/mol. The van der Waals surface area contributed by atoms with Crippen molar-refractivity contribution in [3.05, 3.63) is 72.0 Å². The van der Waals surface area contributed by atoms with Gasteiger partial charge in [0.25, 0.3) is 0 Å². The first-order chi connectivity index (χ1) is 18.2. The first-order valence-electron chi connectivity index (χ1n) is 11.9. The van der Waals surface area contributed by atoms with E-state index in [0.717, 1.165) is 15.8 Å². The molecule has 196 valence electrons. The summed E-state index contributed by atoms with van der Waals surface area (Å²) in [7, 11) is 0. The second kappa shape index (κ2) is 10.7. The van der Waals surface area contributed by atoms with Crippen LogP contribution >= 0.6 is 23.4 Å². The maximum absolute atomic E-state index is 10.2. The van der Waals surface area contributed by atoms with Crippen LogP contribution in [0, 0.1) is 0 Å². The van der Waals surface area contributed by atoms with Crippen LogP contribution in [0.5, 0.6) is 11.5 Å². The van der Waals surface area contributed by atoms with Gasteiger partial charge in [-0.2, -0.15) is 10.2 Å². The molecule has 0 saturated carbocycles. The molecule has 3 heterocycles. The van der Waals surface area contributed by atoms with Crippen LogP contribution in [0.1, 0.15) is 13.8 Å². The molecule has 0 aliphatic carbocycles. The summed E-state index contributed by atoms with van der Waals surface area (Å²) in [6.45, 7) is 3.25. The topological polar surface area (TPSA) is 121 Å². The normalized spacial score (nSPS) is 12.6. The van der Waals surface area contributed by atoms with Crippen LogP contribution in [-0.2, 0) is 6.54 Å². The minimum absolute atomic E-state index is 0.141. The monoisotopic (exact) mass is 550 g/mol. The first-order valence-corrected chi connectivity index (χ1v) is 13.5. The maximum atomic E-state index is 10.2. The molecule has 0 spiro atoms. The van der Waals surface area contributed by atoms with Crippen molar-refractivity contribution in [1.29, 1.82) is 0 Å². The Bertz CT molecular complexity index is 1560. The smallest absolute Gasteiger partial charge is 0.161 e. The van der Waals surface area contributed by atoms with Crippen molar-refractivity contribution >= 4 is 45.9 Å². The van der Waals surface area contributed by atoms with Crippen LogP contribution in [0.25, 0.3) is 22.2 Å². The van der Waals surface area contributed by atoms with Gasteiger partial charge in [0.1, 0.15) is 17.4 Å². The van der Waals surface area contributed by atoms with E-state index in [2.05, 4.69) is 25.6 Å². The lowest BCUT2D eigenvalue weighted by molar-refractivity contribution is -0.0566. The third kappa shape index (κ3) is 5.63. The lowest BCUT2D eigenvalue weighted by Gasteiger charge is -2.24. The number of aromatic nitrogens is 5. The highest BCUT2D eigenvalue weighted by Gasteiger charge is 2.25. The number of anilines is 2. The van der Waals surface area contributed by atoms with E-state index in [9.17, 15) is 10.2 Å². The second-order valence-corrected chi connectivity index (χ2v) is 10.6. The lowest BCUT2D eigenvalue weighted by Crippen LogP contribution is -2.39. The number of hydrogen-bond acceptors (Lipinski definition) is 8. The van der Waals surface area contributed by atoms with Crippen LogP contribution < -0.4 is 10.1 Å². The van der Waals surface area contributed by atoms with Crippen molar-refractivity contribution < 1.29 is 14.9 Å². The number of rotatable bonds is 9. The van der Waals surface area contributed by atoms with Gasteiger partial charge in [-0.25, -0.2) is 0 Å². The zero-order chi connectivity index (χ0) is 26.9. The van der Waals surface area contributed by atoms with Crippen LogP contribution in [0.3, 0.4) is 0 Å². The highest BCUT2D eigenvalue weighted by atomic mass is 35.5. The van der Waals surface area contributed by atoms with E-state index in [1.807, 2.05) is 42.7 Å². The largest absolute Gasteiger partial charge is 0.455 e. The molecule has 0 fully saturated rings. The van der Waals surface area contributed by atoms with E-state index in [-0.39, 0.29) is 6.54 Å². The quantitative estimate of drug-likeness (QED) is 0.168. The van der Waals surface area contributed by atoms with Crippen LogP contribution in [0.15, 0.2) is 71.9 Å². The van der Waals surface area contributed by atoms with Gasteiger partial charge >= 0.3 is 0 Å². The van der Waals surface area contributed by atoms with Crippen molar-refractivity contribution in [2.45, 2.75) is 37.0 Å². The molecule has 0 saturated heterocycles. The second-order valence-electron chi connectivity index (χ2n) is 9.30.